The monoisotopic (exact) mass is 217 g/mol. The van der Waals surface area contributed by atoms with Crippen LogP contribution in [0.3, 0.4) is 0 Å². The van der Waals surface area contributed by atoms with E-state index >= 15 is 0 Å². The summed E-state index contributed by atoms with van der Waals surface area (Å²) in [5.74, 6) is 0. The number of hydrogen-bond donors (Lipinski definition) is 3. The van der Waals surface area contributed by atoms with Crippen molar-refractivity contribution >= 4 is 10.1 Å². The van der Waals surface area contributed by atoms with E-state index in [0.717, 1.165) is 0 Å². The zero-order chi connectivity index (χ0) is 10.8. The molecule has 0 bridgehead atoms. The maximum atomic E-state index is 10.7. The maximum absolute atomic E-state index is 10.7. The van der Waals surface area contributed by atoms with Gasteiger partial charge in [-0.2, -0.15) is 8.42 Å². The van der Waals surface area contributed by atoms with E-state index in [9.17, 15) is 8.42 Å². The molecule has 0 aliphatic rings. The van der Waals surface area contributed by atoms with E-state index in [1.807, 2.05) is 0 Å². The minimum absolute atomic E-state index is 0.189. The quantitative estimate of drug-likeness (QED) is 0.615. The maximum Gasteiger partial charge on any atom is 0.294 e. The van der Waals surface area contributed by atoms with Gasteiger partial charge in [0, 0.05) is 0 Å². The third-order valence-corrected chi connectivity index (χ3v) is 2.67. The summed E-state index contributed by atoms with van der Waals surface area (Å²) >= 11 is 0. The molecule has 0 aliphatic heterocycles. The Morgan fingerprint density at radius 3 is 2.14 bits per heavy atom. The van der Waals surface area contributed by atoms with Crippen LogP contribution in [-0.4, -0.2) is 24.7 Å². The largest absolute Gasteiger partial charge is 0.394 e. The molecule has 1 aromatic rings. The van der Waals surface area contributed by atoms with Crippen LogP contribution in [0.1, 0.15) is 11.6 Å². The first-order chi connectivity index (χ1) is 6.45. The summed E-state index contributed by atoms with van der Waals surface area (Å²) in [6, 6.07) is 4.83. The van der Waals surface area contributed by atoms with Crippen molar-refractivity contribution in [3.8, 4) is 0 Å². The zero-order valence-electron chi connectivity index (χ0n) is 7.29. The van der Waals surface area contributed by atoms with E-state index in [1.54, 1.807) is 0 Å². The third-order valence-electron chi connectivity index (χ3n) is 1.80. The van der Waals surface area contributed by atoms with Crippen LogP contribution in [0.2, 0.25) is 0 Å². The van der Waals surface area contributed by atoms with Crippen LogP contribution >= 0.6 is 0 Å². The molecule has 0 spiro atoms. The van der Waals surface area contributed by atoms with Crippen LogP contribution in [-0.2, 0) is 10.1 Å². The lowest BCUT2D eigenvalue weighted by Crippen LogP contribution is -2.14. The second kappa shape index (κ2) is 4.05. The summed E-state index contributed by atoms with van der Waals surface area (Å²) in [6.45, 7) is -0.217. The first-order valence-electron chi connectivity index (χ1n) is 3.89. The van der Waals surface area contributed by atoms with Crippen molar-refractivity contribution in [3.05, 3.63) is 29.8 Å². The second-order valence-electron chi connectivity index (χ2n) is 2.83. The molecule has 0 aromatic heterocycles. The molecule has 5 nitrogen and oxygen atoms in total. The fraction of sp³-hybridized carbons (Fsp3) is 0.250. The lowest BCUT2D eigenvalue weighted by molar-refractivity contribution is 0.268. The predicted octanol–water partition coefficient (Wildman–Crippen LogP) is -0.0746. The van der Waals surface area contributed by atoms with Gasteiger partial charge in [-0.25, -0.2) is 0 Å². The summed E-state index contributed by atoms with van der Waals surface area (Å²) in [4.78, 5) is -0.189. The minimum atomic E-state index is -4.16. The van der Waals surface area contributed by atoms with E-state index in [-0.39, 0.29) is 11.5 Å². The molecule has 0 fully saturated rings. The topological polar surface area (TPSA) is 101 Å². The van der Waals surface area contributed by atoms with Crippen LogP contribution in [0.4, 0.5) is 0 Å². The normalized spacial score (nSPS) is 13.9. The van der Waals surface area contributed by atoms with E-state index < -0.39 is 16.2 Å². The molecular formula is C8H11NO4S. The predicted molar refractivity (Wildman–Crippen MR) is 50.3 cm³/mol. The standard InChI is InChI=1S/C8H11NO4S/c9-8(5-10)6-1-3-7(4-2-6)14(11,12)13/h1-4,8,10H,5,9H2,(H,11,12,13). The Bertz CT molecular complexity index is 398. The molecule has 1 aromatic carbocycles. The summed E-state index contributed by atoms with van der Waals surface area (Å²) in [7, 11) is -4.16. The molecule has 1 atom stereocenters. The molecule has 0 amide bonds. The second-order valence-corrected chi connectivity index (χ2v) is 4.25. The Hall–Kier alpha value is -0.950. The Labute approximate surface area is 81.9 Å². The number of nitrogens with two attached hydrogens (primary N) is 1. The highest BCUT2D eigenvalue weighted by atomic mass is 32.2. The molecule has 4 N–H and O–H groups in total. The molecule has 0 heterocycles. The Morgan fingerprint density at radius 1 is 1.29 bits per heavy atom. The first kappa shape index (κ1) is 11.1. The fourth-order valence-electron chi connectivity index (χ4n) is 0.992. The molecule has 78 valence electrons. The number of aliphatic hydroxyl groups is 1. The average molecular weight is 217 g/mol. The molecule has 0 saturated carbocycles. The molecule has 0 aliphatic carbocycles. The van der Waals surface area contributed by atoms with Crippen LogP contribution < -0.4 is 5.73 Å². The SMILES string of the molecule is NC(CO)c1ccc(S(=O)(=O)O)cc1. The summed E-state index contributed by atoms with van der Waals surface area (Å²) < 4.78 is 30.0. The minimum Gasteiger partial charge on any atom is -0.394 e. The van der Waals surface area contributed by atoms with Gasteiger partial charge in [-0.05, 0) is 17.7 Å². The van der Waals surface area contributed by atoms with Crippen LogP contribution in [0.15, 0.2) is 29.2 Å². The fourth-order valence-corrected chi connectivity index (χ4v) is 1.47. The van der Waals surface area contributed by atoms with E-state index in [4.69, 9.17) is 15.4 Å². The molecule has 1 unspecified atom stereocenters. The van der Waals surface area contributed by atoms with E-state index in [2.05, 4.69) is 0 Å². The van der Waals surface area contributed by atoms with Crippen molar-refractivity contribution in [1.82, 2.24) is 0 Å². The van der Waals surface area contributed by atoms with Crippen molar-refractivity contribution in [2.45, 2.75) is 10.9 Å². The van der Waals surface area contributed by atoms with E-state index in [1.165, 1.54) is 24.3 Å². The molecular weight excluding hydrogens is 206 g/mol. The van der Waals surface area contributed by atoms with Gasteiger partial charge in [0.1, 0.15) is 0 Å². The third kappa shape index (κ3) is 2.52. The Kier molecular flexibility index (Phi) is 3.22. The van der Waals surface area contributed by atoms with Gasteiger partial charge in [0.25, 0.3) is 10.1 Å². The zero-order valence-corrected chi connectivity index (χ0v) is 8.11. The highest BCUT2D eigenvalue weighted by Crippen LogP contribution is 2.14. The first-order valence-corrected chi connectivity index (χ1v) is 5.33. The average Bonchev–Trinajstić information content (AvgIpc) is 2.15. The lowest BCUT2D eigenvalue weighted by atomic mass is 10.1. The number of hydrogen-bond acceptors (Lipinski definition) is 4. The van der Waals surface area contributed by atoms with Gasteiger partial charge < -0.3 is 10.8 Å². The van der Waals surface area contributed by atoms with Crippen LogP contribution in [0.25, 0.3) is 0 Å². The van der Waals surface area contributed by atoms with Gasteiger partial charge >= 0.3 is 0 Å². The van der Waals surface area contributed by atoms with Gasteiger partial charge in [0.05, 0.1) is 17.5 Å². The molecule has 6 heteroatoms. The molecule has 14 heavy (non-hydrogen) atoms. The van der Waals surface area contributed by atoms with Crippen LogP contribution in [0, 0.1) is 0 Å². The molecule has 1 rings (SSSR count). The van der Waals surface area contributed by atoms with Crippen molar-refractivity contribution in [2.24, 2.45) is 5.73 Å². The highest BCUT2D eigenvalue weighted by Gasteiger charge is 2.10. The summed E-state index contributed by atoms with van der Waals surface area (Å²) in [5.41, 5.74) is 6.10. The number of rotatable bonds is 3. The van der Waals surface area contributed by atoms with Gasteiger partial charge in [-0.15, -0.1) is 0 Å². The van der Waals surface area contributed by atoms with Crippen molar-refractivity contribution in [1.29, 1.82) is 0 Å². The highest BCUT2D eigenvalue weighted by molar-refractivity contribution is 7.85. The summed E-state index contributed by atoms with van der Waals surface area (Å²) in [5, 5.41) is 8.72. The Morgan fingerprint density at radius 2 is 1.79 bits per heavy atom. The van der Waals surface area contributed by atoms with Gasteiger partial charge in [0.15, 0.2) is 0 Å². The number of aliphatic hydroxyl groups excluding tert-OH is 1. The lowest BCUT2D eigenvalue weighted by Gasteiger charge is -2.08. The number of benzene rings is 1. The Balaban J connectivity index is 3.01. The van der Waals surface area contributed by atoms with Crippen molar-refractivity contribution in [2.75, 3.05) is 6.61 Å². The van der Waals surface area contributed by atoms with Gasteiger partial charge in [-0.1, -0.05) is 12.1 Å². The van der Waals surface area contributed by atoms with Crippen LogP contribution in [0.5, 0.6) is 0 Å². The molecule has 0 radical (unpaired) electrons. The van der Waals surface area contributed by atoms with Crippen molar-refractivity contribution < 1.29 is 18.1 Å². The van der Waals surface area contributed by atoms with Gasteiger partial charge in [-0.3, -0.25) is 4.55 Å². The van der Waals surface area contributed by atoms with Gasteiger partial charge in [0.2, 0.25) is 0 Å². The molecule has 0 saturated heterocycles. The smallest absolute Gasteiger partial charge is 0.294 e. The van der Waals surface area contributed by atoms with Crippen molar-refractivity contribution in [3.63, 3.8) is 0 Å². The van der Waals surface area contributed by atoms with E-state index in [0.29, 0.717) is 5.56 Å². The summed E-state index contributed by atoms with van der Waals surface area (Å²) in [6.07, 6.45) is 0.